The van der Waals surface area contributed by atoms with Crippen LogP contribution in [0, 0.1) is 27.7 Å². The molecule has 20 heteroatoms. The molecule has 6 aromatic carbocycles. The van der Waals surface area contributed by atoms with Crippen molar-refractivity contribution >= 4 is 68.1 Å². The normalized spacial score (nSPS) is 12.2. The van der Waals surface area contributed by atoms with E-state index in [4.69, 9.17) is 4.74 Å². The van der Waals surface area contributed by atoms with Gasteiger partial charge in [0.15, 0.2) is 19.7 Å². The summed E-state index contributed by atoms with van der Waals surface area (Å²) in [5.41, 5.74) is 10.7. The number of hydrogen-bond acceptors (Lipinski definition) is 13. The molecule has 0 spiro atoms. The summed E-state index contributed by atoms with van der Waals surface area (Å²) in [6, 6.07) is 53.1. The number of anilines is 1. The van der Waals surface area contributed by atoms with Crippen LogP contribution in [0.2, 0.25) is 0 Å². The summed E-state index contributed by atoms with van der Waals surface area (Å²) in [5, 5.41) is 17.5. The molecule has 468 valence electrons. The van der Waals surface area contributed by atoms with Crippen molar-refractivity contribution in [3.63, 3.8) is 0 Å². The zero-order valence-corrected chi connectivity index (χ0v) is 55.5. The van der Waals surface area contributed by atoms with Gasteiger partial charge in [-0.3, -0.25) is 19.7 Å². The second kappa shape index (κ2) is 25.9. The topological polar surface area (TPSA) is 216 Å². The number of ether oxygens (including phenoxy) is 1. The zero-order valence-electron chi connectivity index (χ0n) is 53.1. The summed E-state index contributed by atoms with van der Waals surface area (Å²) in [7, 11) is -10.9. The van der Waals surface area contributed by atoms with Crippen LogP contribution in [0.3, 0.4) is 0 Å². The maximum atomic E-state index is 13.2. The van der Waals surface area contributed by atoms with Crippen molar-refractivity contribution in [3.8, 4) is 22.8 Å². The van der Waals surface area contributed by atoms with Gasteiger partial charge < -0.3 is 4.74 Å². The van der Waals surface area contributed by atoms with Crippen LogP contribution in [0.1, 0.15) is 101 Å². The monoisotopic (exact) mass is 1270 g/mol. The Morgan fingerprint density at radius 3 is 1.51 bits per heavy atom. The Labute approximate surface area is 532 Å². The number of nitrogens with zero attached hydrogens (tertiary/aromatic N) is 9. The third kappa shape index (κ3) is 14.9. The van der Waals surface area contributed by atoms with E-state index in [1.54, 1.807) is 75.1 Å². The second-order valence-corrected chi connectivity index (χ2v) is 30.5. The fraction of sp³-hybridized carbons (Fsp3) is 0.239. The molecule has 0 saturated heterocycles. The molecule has 1 N–H and O–H groups in total. The van der Waals surface area contributed by atoms with Gasteiger partial charge in [0.05, 0.1) is 88.9 Å². The van der Waals surface area contributed by atoms with Crippen molar-refractivity contribution in [1.82, 2.24) is 44.3 Å². The van der Waals surface area contributed by atoms with Crippen molar-refractivity contribution in [3.05, 3.63) is 240 Å². The Hall–Kier alpha value is -9.37. The lowest BCUT2D eigenvalue weighted by atomic mass is 9.87. The molecule has 0 atom stereocenters. The molecule has 12 rings (SSSR count). The summed E-state index contributed by atoms with van der Waals surface area (Å²) in [4.78, 5) is 13.9. The van der Waals surface area contributed by atoms with E-state index in [9.17, 15) is 25.3 Å². The molecule has 6 heterocycles. The Kier molecular flexibility index (Phi) is 18.4. The van der Waals surface area contributed by atoms with Crippen molar-refractivity contribution < 1.29 is 30.0 Å². The highest BCUT2D eigenvalue weighted by Gasteiger charge is 2.25. The van der Waals surface area contributed by atoms with E-state index in [0.717, 1.165) is 77.8 Å². The van der Waals surface area contributed by atoms with E-state index in [-0.39, 0.29) is 33.3 Å². The molecule has 6 aromatic heterocycles. The zero-order chi connectivity index (χ0) is 65.2. The average Bonchev–Trinajstić information content (AvgIpc) is 1.75. The highest BCUT2D eigenvalue weighted by Crippen LogP contribution is 2.32. The Balaban J connectivity index is 0.000000150. The number of pyridine rings is 3. The number of aromatic nitrogens is 9. The molecule has 91 heavy (non-hydrogen) atoms. The molecule has 0 saturated carbocycles. The molecule has 0 bridgehead atoms. The van der Waals surface area contributed by atoms with Crippen LogP contribution in [0.25, 0.3) is 49.6 Å². The lowest BCUT2D eigenvalue weighted by Crippen LogP contribution is -2.16. The summed E-state index contributed by atoms with van der Waals surface area (Å²) in [6.07, 6.45) is 5.26. The molecule has 0 fully saturated rings. The quantitative estimate of drug-likeness (QED) is 0.107. The number of aryl methyl sites for hydroxylation is 4. The SMILES string of the molecule is Cc1cc(CS(=O)(=O)c2ccc(C(C)(C)C)cc2)n(-c2cccc3cnccc23)n1.Cc1cc(NS(=O)(=O)c2ccc(OC(C)C)cc2)n(-c2cccc3ncccc23)n1.Cc1ccc2c(-n3nc(C)cc3CS(=O)(=O)c3ccc(C(C)(C)C)cc3)cccc2n1. The minimum absolute atomic E-state index is 0.0121. The largest absolute Gasteiger partial charge is 0.491 e. The molecule has 12 aromatic rings. The third-order valence-electron chi connectivity index (χ3n) is 15.0. The molecule has 0 aliphatic carbocycles. The van der Waals surface area contributed by atoms with Gasteiger partial charge in [0, 0.05) is 51.9 Å². The van der Waals surface area contributed by atoms with Gasteiger partial charge in [0.1, 0.15) is 11.6 Å². The Morgan fingerprint density at radius 1 is 0.473 bits per heavy atom. The smallest absolute Gasteiger partial charge is 0.263 e. The molecular formula is C71H74N10O7S3. The van der Waals surface area contributed by atoms with E-state index in [0.29, 0.717) is 38.4 Å². The number of sulfone groups is 2. The summed E-state index contributed by atoms with van der Waals surface area (Å²) in [5.74, 6) is 0.724. The van der Waals surface area contributed by atoms with Gasteiger partial charge in [0.25, 0.3) is 10.0 Å². The first kappa shape index (κ1) is 64.6. The fourth-order valence-corrected chi connectivity index (χ4v) is 14.2. The molecule has 0 amide bonds. The molecular weight excluding hydrogens is 1200 g/mol. The van der Waals surface area contributed by atoms with E-state index < -0.39 is 29.7 Å². The highest BCUT2D eigenvalue weighted by atomic mass is 32.2. The van der Waals surface area contributed by atoms with Crippen LogP contribution in [-0.4, -0.2) is 75.7 Å². The van der Waals surface area contributed by atoms with Crippen molar-refractivity contribution in [2.75, 3.05) is 4.72 Å². The average molecular weight is 1280 g/mol. The highest BCUT2D eigenvalue weighted by molar-refractivity contribution is 7.92. The van der Waals surface area contributed by atoms with Gasteiger partial charge in [-0.2, -0.15) is 15.3 Å². The van der Waals surface area contributed by atoms with E-state index in [1.165, 1.54) is 12.1 Å². The number of sulfonamides is 1. The van der Waals surface area contributed by atoms with Gasteiger partial charge in [-0.05, 0) is 185 Å². The Bertz CT molecular complexity index is 4960. The van der Waals surface area contributed by atoms with Crippen LogP contribution in [0.5, 0.6) is 5.75 Å². The lowest BCUT2D eigenvalue weighted by Gasteiger charge is -2.19. The van der Waals surface area contributed by atoms with Gasteiger partial charge in [0.2, 0.25) is 0 Å². The molecule has 17 nitrogen and oxygen atoms in total. The van der Waals surface area contributed by atoms with Crippen LogP contribution < -0.4 is 9.46 Å². The minimum Gasteiger partial charge on any atom is -0.491 e. The summed E-state index contributed by atoms with van der Waals surface area (Å²) < 4.78 is 92.0. The number of fused-ring (bicyclic) bond motifs is 3. The van der Waals surface area contributed by atoms with Gasteiger partial charge in [-0.25, -0.2) is 39.3 Å². The van der Waals surface area contributed by atoms with Crippen LogP contribution in [0.15, 0.2) is 209 Å². The van der Waals surface area contributed by atoms with Crippen LogP contribution in [-0.2, 0) is 52.0 Å². The number of benzene rings is 6. The van der Waals surface area contributed by atoms with E-state index in [1.807, 2.05) is 163 Å². The predicted molar refractivity (Wildman–Crippen MR) is 361 cm³/mol. The maximum Gasteiger partial charge on any atom is 0.263 e. The first-order valence-electron chi connectivity index (χ1n) is 29.7. The third-order valence-corrected chi connectivity index (χ3v) is 19.7. The first-order chi connectivity index (χ1) is 43.0. The minimum atomic E-state index is -3.81. The number of nitrogens with one attached hydrogen (secondary N) is 1. The molecule has 0 unspecified atom stereocenters. The molecule has 0 aliphatic rings. The summed E-state index contributed by atoms with van der Waals surface area (Å²) >= 11 is 0. The van der Waals surface area contributed by atoms with Crippen molar-refractivity contribution in [1.29, 1.82) is 0 Å². The summed E-state index contributed by atoms with van der Waals surface area (Å²) in [6.45, 7) is 24.0. The maximum absolute atomic E-state index is 13.2. The number of rotatable bonds is 14. The van der Waals surface area contributed by atoms with Crippen LogP contribution in [0.4, 0.5) is 5.82 Å². The Morgan fingerprint density at radius 2 is 0.956 bits per heavy atom. The fourth-order valence-electron chi connectivity index (χ4n) is 10.5. The number of hydrogen-bond donors (Lipinski definition) is 1. The van der Waals surface area contributed by atoms with Crippen molar-refractivity contribution in [2.24, 2.45) is 0 Å². The second-order valence-electron chi connectivity index (χ2n) is 24.8. The van der Waals surface area contributed by atoms with Gasteiger partial charge in [-0.15, -0.1) is 0 Å². The molecule has 0 aliphatic heterocycles. The predicted octanol–water partition coefficient (Wildman–Crippen LogP) is 14.6. The standard InChI is InChI=1S/C25H27N3O2S.C24H25N3O2S.C22H22N4O3S/c1-17-9-14-22-23(26-17)7-6-8-24(22)28-20(15-18(2)27-28)16-31(29,30)21-12-10-19(11-13-21)25(3,4)5;1-17-14-20(16-30(28,29)21-10-8-19(9-11-21)24(2,3)4)27(26-17)23-7-5-6-18-15-25-13-12-22(18)23;1-15(2)29-17-9-11-18(12-10-17)30(27,28)25-22-14-16(3)24-26(22)21-8-4-7-20-19(21)6-5-13-23-20/h6-15H,16H2,1-5H3;5-15H,16H2,1-4H3;4-15,25H,1-3H3. The van der Waals surface area contributed by atoms with Crippen molar-refractivity contribution in [2.45, 2.75) is 126 Å². The first-order valence-corrected chi connectivity index (χ1v) is 34.5. The molecule has 0 radical (unpaired) electrons. The van der Waals surface area contributed by atoms with Gasteiger partial charge >= 0.3 is 0 Å². The lowest BCUT2D eigenvalue weighted by molar-refractivity contribution is 0.242. The van der Waals surface area contributed by atoms with Crippen LogP contribution >= 0.6 is 0 Å². The van der Waals surface area contributed by atoms with Gasteiger partial charge in [-0.1, -0.05) is 90.1 Å². The van der Waals surface area contributed by atoms with E-state index >= 15 is 0 Å². The van der Waals surface area contributed by atoms with E-state index in [2.05, 4.69) is 76.5 Å².